The minimum absolute atomic E-state index is 0.131. The standard InChI is InChI=1S/C28H25BrN4O2/c1-5-7-11-22(6-2)33-26-23(18(4)32-33)24(19-12-14-21(29)15-13-19)25(28(35)31-26)30-27(34)20-10-8-9-17(3)16-20/h5-16,24H,2H2,1,3-4H3,(H,31,35)/b7-5-,22-11+,30-25?/t24-/m0/s1. The van der Waals surface area contributed by atoms with Gasteiger partial charge in [-0.1, -0.05) is 64.5 Å². The van der Waals surface area contributed by atoms with Crippen molar-refractivity contribution in [1.29, 1.82) is 0 Å². The first-order valence-corrected chi connectivity index (χ1v) is 11.9. The molecule has 0 spiro atoms. The maximum atomic E-state index is 13.4. The highest BCUT2D eigenvalue weighted by Crippen LogP contribution is 2.39. The maximum Gasteiger partial charge on any atom is 0.277 e. The molecule has 4 rings (SSSR count). The van der Waals surface area contributed by atoms with Gasteiger partial charge in [-0.2, -0.15) is 5.10 Å². The Labute approximate surface area is 212 Å². The first-order chi connectivity index (χ1) is 16.8. The highest BCUT2D eigenvalue weighted by atomic mass is 79.9. The van der Waals surface area contributed by atoms with E-state index >= 15 is 0 Å². The third kappa shape index (κ3) is 4.86. The summed E-state index contributed by atoms with van der Waals surface area (Å²) in [5.41, 5.74) is 4.55. The van der Waals surface area contributed by atoms with E-state index in [1.165, 1.54) is 0 Å². The molecule has 1 aliphatic heterocycles. The molecule has 6 nitrogen and oxygen atoms in total. The molecular weight excluding hydrogens is 504 g/mol. The number of rotatable bonds is 5. The normalized spacial score (nSPS) is 16.9. The maximum absolute atomic E-state index is 13.4. The molecule has 2 amide bonds. The molecule has 176 valence electrons. The zero-order valence-corrected chi connectivity index (χ0v) is 21.3. The predicted molar refractivity (Wildman–Crippen MR) is 144 cm³/mol. The van der Waals surface area contributed by atoms with Crippen LogP contribution in [0.4, 0.5) is 5.82 Å². The van der Waals surface area contributed by atoms with E-state index in [0.717, 1.165) is 26.9 Å². The Kier molecular flexibility index (Phi) is 7.07. The van der Waals surface area contributed by atoms with Crippen LogP contribution in [0.25, 0.3) is 5.70 Å². The minimum Gasteiger partial charge on any atom is -0.305 e. The van der Waals surface area contributed by atoms with E-state index in [4.69, 9.17) is 5.10 Å². The van der Waals surface area contributed by atoms with Gasteiger partial charge in [-0.15, -0.1) is 0 Å². The molecule has 35 heavy (non-hydrogen) atoms. The summed E-state index contributed by atoms with van der Waals surface area (Å²) in [6, 6.07) is 14.8. The molecular formula is C28H25BrN4O2. The summed E-state index contributed by atoms with van der Waals surface area (Å²) >= 11 is 3.47. The number of hydrogen-bond acceptors (Lipinski definition) is 3. The number of carbonyl (C=O) groups excluding carboxylic acids is 2. The Morgan fingerprint density at radius 2 is 1.94 bits per heavy atom. The average molecular weight is 529 g/mol. The molecule has 1 N–H and O–H groups in total. The molecule has 2 heterocycles. The van der Waals surface area contributed by atoms with E-state index in [2.05, 4.69) is 32.8 Å². The number of carbonyl (C=O) groups is 2. The Morgan fingerprint density at radius 1 is 1.20 bits per heavy atom. The molecule has 0 radical (unpaired) electrons. The number of nitrogens with zero attached hydrogens (tertiary/aromatic N) is 3. The van der Waals surface area contributed by atoms with Crippen LogP contribution in [-0.2, 0) is 4.79 Å². The SMILES string of the molecule is C=C/C(=C\C=C/C)n1nc(C)c2c1NC(=O)C(=NC(=O)c1cccc(C)c1)[C@H]2c1ccc(Br)cc1. The van der Waals surface area contributed by atoms with Crippen LogP contribution in [0.5, 0.6) is 0 Å². The van der Waals surface area contributed by atoms with E-state index < -0.39 is 17.7 Å². The number of allylic oxidation sites excluding steroid dienone is 5. The lowest BCUT2D eigenvalue weighted by Gasteiger charge is -2.26. The van der Waals surface area contributed by atoms with Crippen LogP contribution in [0.3, 0.4) is 0 Å². The monoisotopic (exact) mass is 528 g/mol. The van der Waals surface area contributed by atoms with E-state index in [0.29, 0.717) is 17.1 Å². The quantitative estimate of drug-likeness (QED) is 0.398. The fourth-order valence-electron chi connectivity index (χ4n) is 4.10. The van der Waals surface area contributed by atoms with Gasteiger partial charge in [0.2, 0.25) is 0 Å². The van der Waals surface area contributed by atoms with Gasteiger partial charge in [-0.05, 0) is 62.8 Å². The average Bonchev–Trinajstić information content (AvgIpc) is 3.16. The van der Waals surface area contributed by atoms with Gasteiger partial charge in [0.1, 0.15) is 11.5 Å². The lowest BCUT2D eigenvalue weighted by molar-refractivity contribution is -0.110. The van der Waals surface area contributed by atoms with E-state index in [-0.39, 0.29) is 5.71 Å². The van der Waals surface area contributed by atoms with Crippen LogP contribution in [0.2, 0.25) is 0 Å². The second-order valence-corrected chi connectivity index (χ2v) is 9.11. The van der Waals surface area contributed by atoms with Crippen LogP contribution < -0.4 is 5.32 Å². The van der Waals surface area contributed by atoms with Gasteiger partial charge >= 0.3 is 0 Å². The second-order valence-electron chi connectivity index (χ2n) is 8.19. The zero-order chi connectivity index (χ0) is 25.1. The summed E-state index contributed by atoms with van der Waals surface area (Å²) in [5, 5.41) is 7.63. The van der Waals surface area contributed by atoms with E-state index in [1.54, 1.807) is 29.0 Å². The molecule has 1 aromatic heterocycles. The van der Waals surface area contributed by atoms with E-state index in [9.17, 15) is 9.59 Å². The lowest BCUT2D eigenvalue weighted by atomic mass is 9.84. The van der Waals surface area contributed by atoms with Gasteiger partial charge in [0.15, 0.2) is 0 Å². The summed E-state index contributed by atoms with van der Waals surface area (Å²) in [6.07, 6.45) is 7.33. The molecule has 1 aliphatic rings. The first-order valence-electron chi connectivity index (χ1n) is 11.2. The number of aryl methyl sites for hydroxylation is 2. The largest absolute Gasteiger partial charge is 0.305 e. The summed E-state index contributed by atoms with van der Waals surface area (Å²) < 4.78 is 2.58. The Hall–Kier alpha value is -3.84. The van der Waals surface area contributed by atoms with Gasteiger partial charge in [-0.25, -0.2) is 9.67 Å². The number of aromatic nitrogens is 2. The molecule has 0 saturated heterocycles. The summed E-state index contributed by atoms with van der Waals surface area (Å²) in [6.45, 7) is 9.61. The molecule has 1 atom stereocenters. The summed E-state index contributed by atoms with van der Waals surface area (Å²) in [5.74, 6) is -0.934. The van der Waals surface area contributed by atoms with Gasteiger partial charge in [-0.3, -0.25) is 9.59 Å². The number of fused-ring (bicyclic) bond motifs is 1. The van der Waals surface area contributed by atoms with Crippen molar-refractivity contribution in [3.8, 4) is 0 Å². The number of hydrogen-bond donors (Lipinski definition) is 1. The molecule has 0 bridgehead atoms. The third-order valence-electron chi connectivity index (χ3n) is 5.74. The van der Waals surface area contributed by atoms with Gasteiger partial charge in [0, 0.05) is 15.6 Å². The molecule has 0 saturated carbocycles. The van der Waals surface area contributed by atoms with Crippen molar-refractivity contribution in [1.82, 2.24) is 9.78 Å². The lowest BCUT2D eigenvalue weighted by Crippen LogP contribution is -2.36. The molecule has 0 unspecified atom stereocenters. The fraction of sp³-hybridized carbons (Fsp3) is 0.143. The molecule has 7 heteroatoms. The van der Waals surface area contributed by atoms with Crippen LogP contribution >= 0.6 is 15.9 Å². The smallest absolute Gasteiger partial charge is 0.277 e. The fourth-order valence-corrected chi connectivity index (χ4v) is 4.36. The van der Waals surface area contributed by atoms with Crippen LogP contribution in [0.1, 0.15) is 45.6 Å². The molecule has 3 aromatic rings. The number of anilines is 1. The third-order valence-corrected chi connectivity index (χ3v) is 6.27. The van der Waals surface area contributed by atoms with Gasteiger partial charge in [0.25, 0.3) is 11.8 Å². The number of amides is 2. The van der Waals surface area contributed by atoms with Crippen LogP contribution in [-0.4, -0.2) is 27.3 Å². The Bertz CT molecular complexity index is 1410. The summed E-state index contributed by atoms with van der Waals surface area (Å²) in [7, 11) is 0. The number of nitrogens with one attached hydrogen (secondary N) is 1. The minimum atomic E-state index is -0.567. The van der Waals surface area contributed by atoms with Gasteiger partial charge in [0.05, 0.1) is 17.3 Å². The Balaban J connectivity index is 1.92. The van der Waals surface area contributed by atoms with E-state index in [1.807, 2.05) is 69.3 Å². The highest BCUT2D eigenvalue weighted by Gasteiger charge is 2.38. The topological polar surface area (TPSA) is 76.3 Å². The number of halogens is 1. The number of aliphatic imine (C=N–C) groups is 1. The van der Waals surface area contributed by atoms with Crippen molar-refractivity contribution in [3.63, 3.8) is 0 Å². The predicted octanol–water partition coefficient (Wildman–Crippen LogP) is 6.23. The van der Waals surface area contributed by atoms with Crippen LogP contribution in [0, 0.1) is 13.8 Å². The van der Waals surface area contributed by atoms with Crippen molar-refractivity contribution in [2.75, 3.05) is 5.32 Å². The molecule has 2 aromatic carbocycles. The second kappa shape index (κ2) is 10.2. The first kappa shape index (κ1) is 24.3. The van der Waals surface area contributed by atoms with Gasteiger partial charge < -0.3 is 5.32 Å². The van der Waals surface area contributed by atoms with Crippen LogP contribution in [0.15, 0.2) is 88.9 Å². The molecule has 0 fully saturated rings. The zero-order valence-electron chi connectivity index (χ0n) is 19.7. The van der Waals surface area contributed by atoms with Crippen molar-refractivity contribution in [3.05, 3.63) is 112 Å². The van der Waals surface area contributed by atoms with Crippen molar-refractivity contribution in [2.24, 2.45) is 4.99 Å². The van der Waals surface area contributed by atoms with Crippen molar-refractivity contribution >= 4 is 45.0 Å². The Morgan fingerprint density at radius 3 is 2.60 bits per heavy atom. The molecule has 0 aliphatic carbocycles. The highest BCUT2D eigenvalue weighted by molar-refractivity contribution is 9.10. The number of benzene rings is 2. The van der Waals surface area contributed by atoms with Crippen molar-refractivity contribution in [2.45, 2.75) is 26.7 Å². The van der Waals surface area contributed by atoms with Crippen molar-refractivity contribution < 1.29 is 9.59 Å². The summed E-state index contributed by atoms with van der Waals surface area (Å²) in [4.78, 5) is 30.9.